The van der Waals surface area contributed by atoms with Crippen molar-refractivity contribution in [2.24, 2.45) is 0 Å². The molecule has 0 amide bonds. The molecule has 0 heterocycles. The lowest BCUT2D eigenvalue weighted by molar-refractivity contribution is 0.361. The van der Waals surface area contributed by atoms with Crippen LogP contribution < -0.4 is 10.6 Å². The zero-order chi connectivity index (χ0) is 22.7. The number of nitrogens with one attached hydrogen (secondary N) is 2. The van der Waals surface area contributed by atoms with Crippen molar-refractivity contribution in [1.29, 1.82) is 0 Å². The van der Waals surface area contributed by atoms with Crippen LogP contribution in [0.3, 0.4) is 0 Å². The molecule has 0 aliphatic heterocycles. The number of nitrogens with zero attached hydrogens (tertiary/aromatic N) is 1. The first-order valence-corrected chi connectivity index (χ1v) is 11.3. The van der Waals surface area contributed by atoms with Gasteiger partial charge in [0.05, 0.1) is 0 Å². The molecule has 166 valence electrons. The summed E-state index contributed by atoms with van der Waals surface area (Å²) in [6.07, 6.45) is 0. The van der Waals surface area contributed by atoms with Crippen LogP contribution >= 0.6 is 0 Å². The zero-order valence-electron chi connectivity index (χ0n) is 21.3. The molecule has 0 aliphatic rings. The van der Waals surface area contributed by atoms with Crippen LogP contribution in [-0.4, -0.2) is 38.1 Å². The molecule has 0 unspecified atom stereocenters. The Morgan fingerprint density at radius 1 is 0.433 bits per heavy atom. The van der Waals surface area contributed by atoms with E-state index in [1.165, 1.54) is 67.0 Å². The third-order valence-corrected chi connectivity index (χ3v) is 7.59. The molecule has 0 spiro atoms. The van der Waals surface area contributed by atoms with Crippen LogP contribution in [0.4, 0.5) is 11.4 Å². The number of anilines is 2. The predicted molar refractivity (Wildman–Crippen MR) is 135 cm³/mol. The van der Waals surface area contributed by atoms with E-state index >= 15 is 0 Å². The standard InChI is InChI=1S/C27H43N3/c1-16-18(3)22(7)26(23(8)19(16)4)28-12-14-30(11)15-13-29-27-24(9)20(5)17(2)21(6)25(27)10/h28-29H,12-15H2,1-11H3. The molecule has 0 fully saturated rings. The fourth-order valence-corrected chi connectivity index (χ4v) is 4.39. The van der Waals surface area contributed by atoms with Gasteiger partial charge in [-0.05, 0) is 132 Å². The normalized spacial score (nSPS) is 11.3. The molecule has 2 N–H and O–H groups in total. The predicted octanol–water partition coefficient (Wildman–Crippen LogP) is 6.23. The summed E-state index contributed by atoms with van der Waals surface area (Å²) in [5.41, 5.74) is 16.7. The van der Waals surface area contributed by atoms with Gasteiger partial charge in [0, 0.05) is 37.6 Å². The van der Waals surface area contributed by atoms with Crippen molar-refractivity contribution >= 4 is 11.4 Å². The topological polar surface area (TPSA) is 27.3 Å². The van der Waals surface area contributed by atoms with Gasteiger partial charge in [0.1, 0.15) is 0 Å². The van der Waals surface area contributed by atoms with Gasteiger partial charge in [0.25, 0.3) is 0 Å². The molecule has 0 bridgehead atoms. The Bertz CT molecular complexity index is 791. The van der Waals surface area contributed by atoms with Crippen LogP contribution in [0.5, 0.6) is 0 Å². The summed E-state index contributed by atoms with van der Waals surface area (Å²) in [7, 11) is 2.21. The Morgan fingerprint density at radius 2 is 0.667 bits per heavy atom. The van der Waals surface area contributed by atoms with Crippen LogP contribution in [0.15, 0.2) is 0 Å². The van der Waals surface area contributed by atoms with E-state index in [-0.39, 0.29) is 0 Å². The van der Waals surface area contributed by atoms with Gasteiger partial charge in [-0.2, -0.15) is 0 Å². The van der Waals surface area contributed by atoms with Gasteiger partial charge in [0.15, 0.2) is 0 Å². The van der Waals surface area contributed by atoms with Gasteiger partial charge in [-0.15, -0.1) is 0 Å². The highest BCUT2D eigenvalue weighted by molar-refractivity contribution is 5.65. The van der Waals surface area contributed by atoms with Crippen molar-refractivity contribution in [1.82, 2.24) is 4.90 Å². The Hall–Kier alpha value is -2.00. The molecule has 2 aromatic carbocycles. The van der Waals surface area contributed by atoms with Crippen molar-refractivity contribution in [2.45, 2.75) is 69.2 Å². The molecule has 30 heavy (non-hydrogen) atoms. The second kappa shape index (κ2) is 9.87. The quantitative estimate of drug-likeness (QED) is 0.541. The number of likely N-dealkylation sites (N-methyl/N-ethyl adjacent to an activating group) is 1. The molecule has 3 nitrogen and oxygen atoms in total. The summed E-state index contributed by atoms with van der Waals surface area (Å²) in [6, 6.07) is 0. The summed E-state index contributed by atoms with van der Waals surface area (Å²) in [5, 5.41) is 7.41. The summed E-state index contributed by atoms with van der Waals surface area (Å²) < 4.78 is 0. The van der Waals surface area contributed by atoms with Crippen molar-refractivity contribution in [3.05, 3.63) is 55.6 Å². The van der Waals surface area contributed by atoms with E-state index in [0.717, 1.165) is 26.2 Å². The van der Waals surface area contributed by atoms with E-state index in [1.54, 1.807) is 0 Å². The van der Waals surface area contributed by atoms with Gasteiger partial charge in [-0.3, -0.25) is 0 Å². The van der Waals surface area contributed by atoms with E-state index in [9.17, 15) is 0 Å². The molecule has 0 saturated heterocycles. The Labute approximate surface area is 185 Å². The maximum absolute atomic E-state index is 3.71. The lowest BCUT2D eigenvalue weighted by atomic mass is 9.93. The molecule has 0 saturated carbocycles. The molecular formula is C27H43N3. The van der Waals surface area contributed by atoms with Crippen LogP contribution in [0.1, 0.15) is 55.6 Å². The van der Waals surface area contributed by atoms with Gasteiger partial charge in [-0.25, -0.2) is 0 Å². The molecule has 2 aromatic rings. The lowest BCUT2D eigenvalue weighted by Crippen LogP contribution is -2.30. The second-order valence-corrected chi connectivity index (χ2v) is 9.16. The van der Waals surface area contributed by atoms with Crippen molar-refractivity contribution in [2.75, 3.05) is 43.9 Å². The van der Waals surface area contributed by atoms with Crippen LogP contribution in [-0.2, 0) is 0 Å². The Morgan fingerprint density at radius 3 is 0.933 bits per heavy atom. The zero-order valence-corrected chi connectivity index (χ0v) is 21.3. The van der Waals surface area contributed by atoms with Crippen molar-refractivity contribution in [3.8, 4) is 0 Å². The van der Waals surface area contributed by atoms with Gasteiger partial charge in [-0.1, -0.05) is 0 Å². The number of hydrogen-bond acceptors (Lipinski definition) is 3. The fourth-order valence-electron chi connectivity index (χ4n) is 4.39. The Balaban J connectivity index is 1.92. The lowest BCUT2D eigenvalue weighted by Gasteiger charge is -2.23. The number of rotatable bonds is 8. The van der Waals surface area contributed by atoms with Gasteiger partial charge < -0.3 is 15.5 Å². The summed E-state index contributed by atoms with van der Waals surface area (Å²) in [5.74, 6) is 0. The first-order valence-electron chi connectivity index (χ1n) is 11.3. The monoisotopic (exact) mass is 409 g/mol. The summed E-state index contributed by atoms with van der Waals surface area (Å²) >= 11 is 0. The average molecular weight is 410 g/mol. The molecule has 2 rings (SSSR count). The maximum atomic E-state index is 3.71. The largest absolute Gasteiger partial charge is 0.383 e. The van der Waals surface area contributed by atoms with Crippen molar-refractivity contribution < 1.29 is 0 Å². The number of hydrogen-bond donors (Lipinski definition) is 2. The molecule has 0 radical (unpaired) electrons. The molecule has 3 heteroatoms. The minimum Gasteiger partial charge on any atom is -0.383 e. The smallest absolute Gasteiger partial charge is 0.0405 e. The van der Waals surface area contributed by atoms with Crippen LogP contribution in [0.2, 0.25) is 0 Å². The number of benzene rings is 2. The third kappa shape index (κ3) is 4.83. The Kier molecular flexibility index (Phi) is 7.99. The summed E-state index contributed by atoms with van der Waals surface area (Å²) in [6.45, 7) is 26.3. The summed E-state index contributed by atoms with van der Waals surface area (Å²) in [4.78, 5) is 2.40. The van der Waals surface area contributed by atoms with E-state index in [1.807, 2.05) is 0 Å². The highest BCUT2D eigenvalue weighted by Crippen LogP contribution is 2.31. The van der Waals surface area contributed by atoms with Crippen molar-refractivity contribution in [3.63, 3.8) is 0 Å². The first kappa shape index (κ1) is 24.3. The first-order chi connectivity index (χ1) is 14.0. The van der Waals surface area contributed by atoms with E-state index in [4.69, 9.17) is 0 Å². The third-order valence-electron chi connectivity index (χ3n) is 7.59. The maximum Gasteiger partial charge on any atom is 0.0405 e. The molecule has 0 atom stereocenters. The van der Waals surface area contributed by atoms with Gasteiger partial charge >= 0.3 is 0 Å². The van der Waals surface area contributed by atoms with E-state index < -0.39 is 0 Å². The minimum absolute atomic E-state index is 0.959. The van der Waals surface area contributed by atoms with Crippen LogP contribution in [0, 0.1) is 69.2 Å². The highest BCUT2D eigenvalue weighted by atomic mass is 15.1. The minimum atomic E-state index is 0.959. The van der Waals surface area contributed by atoms with E-state index in [0.29, 0.717) is 0 Å². The van der Waals surface area contributed by atoms with Gasteiger partial charge in [0.2, 0.25) is 0 Å². The fraction of sp³-hybridized carbons (Fsp3) is 0.556. The van der Waals surface area contributed by atoms with E-state index in [2.05, 4.69) is 91.8 Å². The molecule has 0 aliphatic carbocycles. The second-order valence-electron chi connectivity index (χ2n) is 9.16. The average Bonchev–Trinajstić information content (AvgIpc) is 2.72. The van der Waals surface area contributed by atoms with Crippen LogP contribution in [0.25, 0.3) is 0 Å². The molecular weight excluding hydrogens is 366 g/mol. The molecule has 0 aromatic heterocycles. The highest BCUT2D eigenvalue weighted by Gasteiger charge is 2.13. The SMILES string of the molecule is Cc1c(C)c(C)c(NCCN(C)CCNc2c(C)c(C)c(C)c(C)c2C)c(C)c1C.